The maximum absolute atomic E-state index is 6.66. The van der Waals surface area contributed by atoms with Crippen LogP contribution in [-0.2, 0) is 0 Å². The summed E-state index contributed by atoms with van der Waals surface area (Å²) in [5.74, 6) is 0. The molecule has 0 amide bonds. The summed E-state index contributed by atoms with van der Waals surface area (Å²) in [7, 11) is 0. The molecule has 0 aliphatic heterocycles. The summed E-state index contributed by atoms with van der Waals surface area (Å²) in [6.45, 7) is 0. The van der Waals surface area contributed by atoms with Gasteiger partial charge in [-0.1, -0.05) is 78.3 Å². The lowest BCUT2D eigenvalue weighted by Crippen LogP contribution is -1.80. The van der Waals surface area contributed by atoms with Crippen LogP contribution in [0.1, 0.15) is 0 Å². The van der Waals surface area contributed by atoms with E-state index in [1.807, 2.05) is 48.5 Å². The van der Waals surface area contributed by atoms with E-state index in [-0.39, 0.29) is 0 Å². The van der Waals surface area contributed by atoms with Crippen LogP contribution in [-0.4, -0.2) is 0 Å². The average molecular weight is 329 g/mol. The predicted octanol–water partition coefficient (Wildman–Crippen LogP) is 7.06. The number of halogens is 1. The Hall–Kier alpha value is -2.77. The van der Waals surface area contributed by atoms with Gasteiger partial charge in [0.1, 0.15) is 11.2 Å². The summed E-state index contributed by atoms with van der Waals surface area (Å²) in [6.07, 6.45) is 0. The van der Waals surface area contributed by atoms with Crippen LogP contribution >= 0.6 is 11.6 Å². The van der Waals surface area contributed by atoms with Crippen molar-refractivity contribution in [3.8, 4) is 11.1 Å². The van der Waals surface area contributed by atoms with Crippen molar-refractivity contribution in [3.05, 3.63) is 83.9 Å². The molecular weight excluding hydrogens is 316 g/mol. The molecule has 0 spiro atoms. The normalized spacial score (nSPS) is 11.5. The van der Waals surface area contributed by atoms with Gasteiger partial charge in [-0.2, -0.15) is 0 Å². The van der Waals surface area contributed by atoms with Crippen molar-refractivity contribution < 1.29 is 4.42 Å². The number of benzene rings is 4. The van der Waals surface area contributed by atoms with Crippen LogP contribution in [0.25, 0.3) is 43.8 Å². The van der Waals surface area contributed by atoms with Gasteiger partial charge in [-0.25, -0.2) is 0 Å². The second kappa shape index (κ2) is 5.12. The van der Waals surface area contributed by atoms with E-state index in [9.17, 15) is 0 Å². The van der Waals surface area contributed by atoms with Gasteiger partial charge in [-0.05, 0) is 28.6 Å². The Labute approximate surface area is 144 Å². The maximum Gasteiger partial charge on any atom is 0.144 e. The molecule has 0 aliphatic rings. The zero-order valence-corrected chi connectivity index (χ0v) is 13.5. The Morgan fingerprint density at radius 1 is 0.708 bits per heavy atom. The van der Waals surface area contributed by atoms with Gasteiger partial charge in [-0.15, -0.1) is 0 Å². The molecule has 24 heavy (non-hydrogen) atoms. The van der Waals surface area contributed by atoms with E-state index in [0.717, 1.165) is 48.9 Å². The van der Waals surface area contributed by atoms with E-state index in [1.54, 1.807) is 0 Å². The van der Waals surface area contributed by atoms with Crippen LogP contribution < -0.4 is 0 Å². The number of hydrogen-bond donors (Lipinski definition) is 0. The summed E-state index contributed by atoms with van der Waals surface area (Å²) in [6, 6.07) is 26.7. The Balaban J connectivity index is 2.01. The van der Waals surface area contributed by atoms with Crippen LogP contribution in [0.2, 0.25) is 5.02 Å². The minimum Gasteiger partial charge on any atom is -0.455 e. The zero-order chi connectivity index (χ0) is 16.1. The van der Waals surface area contributed by atoms with E-state index < -0.39 is 0 Å². The highest BCUT2D eigenvalue weighted by Crippen LogP contribution is 2.42. The van der Waals surface area contributed by atoms with E-state index in [2.05, 4.69) is 30.3 Å². The lowest BCUT2D eigenvalue weighted by atomic mass is 9.98. The van der Waals surface area contributed by atoms with Crippen molar-refractivity contribution >= 4 is 44.3 Å². The van der Waals surface area contributed by atoms with Gasteiger partial charge in [0, 0.05) is 16.2 Å². The largest absolute Gasteiger partial charge is 0.455 e. The molecule has 0 fully saturated rings. The van der Waals surface area contributed by atoms with Crippen LogP contribution in [0.15, 0.2) is 83.3 Å². The molecule has 5 rings (SSSR count). The fourth-order valence-electron chi connectivity index (χ4n) is 3.46. The first-order chi connectivity index (χ1) is 11.8. The first-order valence-corrected chi connectivity index (χ1v) is 8.28. The average Bonchev–Trinajstić information content (AvgIpc) is 3.03. The van der Waals surface area contributed by atoms with Crippen LogP contribution in [0.5, 0.6) is 0 Å². The quantitative estimate of drug-likeness (QED) is 0.321. The van der Waals surface area contributed by atoms with Gasteiger partial charge < -0.3 is 4.42 Å². The molecule has 0 N–H and O–H groups in total. The minimum absolute atomic E-state index is 0.728. The molecule has 2 heteroatoms. The summed E-state index contributed by atoms with van der Waals surface area (Å²) < 4.78 is 6.22. The first kappa shape index (κ1) is 13.6. The highest BCUT2D eigenvalue weighted by Gasteiger charge is 2.17. The second-order valence-electron chi connectivity index (χ2n) is 5.93. The topological polar surface area (TPSA) is 13.1 Å². The number of rotatable bonds is 1. The highest BCUT2D eigenvalue weighted by molar-refractivity contribution is 6.40. The monoisotopic (exact) mass is 328 g/mol. The first-order valence-electron chi connectivity index (χ1n) is 7.91. The Kier molecular flexibility index (Phi) is 2.91. The van der Waals surface area contributed by atoms with Gasteiger partial charge in [0.25, 0.3) is 0 Å². The molecule has 114 valence electrons. The molecule has 0 radical (unpaired) electrons. The molecule has 5 aromatic rings. The second-order valence-corrected chi connectivity index (χ2v) is 6.34. The van der Waals surface area contributed by atoms with E-state index in [4.69, 9.17) is 16.0 Å². The Bertz CT molecular complexity index is 1200. The van der Waals surface area contributed by atoms with Crippen molar-refractivity contribution in [2.24, 2.45) is 0 Å². The third-order valence-electron chi connectivity index (χ3n) is 4.53. The van der Waals surface area contributed by atoms with Crippen molar-refractivity contribution in [1.82, 2.24) is 0 Å². The summed E-state index contributed by atoms with van der Waals surface area (Å²) in [5, 5.41) is 4.98. The molecule has 0 saturated heterocycles. The van der Waals surface area contributed by atoms with E-state index in [0.29, 0.717) is 0 Å². The van der Waals surface area contributed by atoms with Gasteiger partial charge in [0.15, 0.2) is 0 Å². The lowest BCUT2D eigenvalue weighted by molar-refractivity contribution is 0.673. The molecule has 0 bridgehead atoms. The number of fused-ring (bicyclic) bond motifs is 5. The number of hydrogen-bond acceptors (Lipinski definition) is 1. The summed E-state index contributed by atoms with van der Waals surface area (Å²) in [5.41, 5.74) is 4.03. The van der Waals surface area contributed by atoms with Crippen molar-refractivity contribution in [2.75, 3.05) is 0 Å². The molecule has 1 aromatic heterocycles. The summed E-state index contributed by atoms with van der Waals surface area (Å²) in [4.78, 5) is 0. The Morgan fingerprint density at radius 3 is 2.38 bits per heavy atom. The lowest BCUT2D eigenvalue weighted by Gasteiger charge is -2.05. The zero-order valence-electron chi connectivity index (χ0n) is 12.8. The third kappa shape index (κ3) is 1.88. The highest BCUT2D eigenvalue weighted by atomic mass is 35.5. The Morgan fingerprint density at radius 2 is 1.50 bits per heavy atom. The molecule has 0 unspecified atom stereocenters. The van der Waals surface area contributed by atoms with Crippen molar-refractivity contribution in [3.63, 3.8) is 0 Å². The summed E-state index contributed by atoms with van der Waals surface area (Å²) >= 11 is 6.66. The van der Waals surface area contributed by atoms with Crippen LogP contribution in [0.4, 0.5) is 0 Å². The molecule has 1 heterocycles. The van der Waals surface area contributed by atoms with Crippen LogP contribution in [0.3, 0.4) is 0 Å². The minimum atomic E-state index is 0.728. The fraction of sp³-hybridized carbons (Fsp3) is 0. The molecule has 0 saturated carbocycles. The van der Waals surface area contributed by atoms with Crippen molar-refractivity contribution in [2.45, 2.75) is 0 Å². The third-order valence-corrected chi connectivity index (χ3v) is 4.82. The smallest absolute Gasteiger partial charge is 0.144 e. The van der Waals surface area contributed by atoms with Crippen LogP contribution in [0, 0.1) is 0 Å². The van der Waals surface area contributed by atoms with Gasteiger partial charge in [0.05, 0.1) is 5.02 Å². The molecule has 0 aliphatic carbocycles. The number of furan rings is 1. The van der Waals surface area contributed by atoms with Gasteiger partial charge in [0.2, 0.25) is 0 Å². The molecule has 4 aromatic carbocycles. The maximum atomic E-state index is 6.66. The molecular formula is C22H13ClO. The standard InChI is InChI=1S/C22H13ClO/c23-18-13-15-9-4-5-10-17(15)22-21(18)20-16(11-6-12-19(20)24-22)14-7-2-1-3-8-14/h1-13H. The predicted molar refractivity (Wildman–Crippen MR) is 102 cm³/mol. The molecule has 0 atom stereocenters. The van der Waals surface area contributed by atoms with Gasteiger partial charge >= 0.3 is 0 Å². The van der Waals surface area contributed by atoms with Gasteiger partial charge in [-0.3, -0.25) is 0 Å². The van der Waals surface area contributed by atoms with Crippen molar-refractivity contribution in [1.29, 1.82) is 0 Å². The van der Waals surface area contributed by atoms with E-state index in [1.165, 1.54) is 0 Å². The molecule has 1 nitrogen and oxygen atoms in total. The fourth-order valence-corrected chi connectivity index (χ4v) is 3.76. The SMILES string of the molecule is Clc1cc2ccccc2c2oc3cccc(-c4ccccc4)c3c12. The van der Waals surface area contributed by atoms with E-state index >= 15 is 0 Å².